The first-order chi connectivity index (χ1) is 10.6. The molecule has 0 bridgehead atoms. The monoisotopic (exact) mass is 301 g/mol. The van der Waals surface area contributed by atoms with E-state index in [9.17, 15) is 9.18 Å². The van der Waals surface area contributed by atoms with Crippen molar-refractivity contribution in [2.75, 3.05) is 13.1 Å². The highest BCUT2D eigenvalue weighted by atomic mass is 19.1. The fourth-order valence-corrected chi connectivity index (χ4v) is 3.03. The zero-order valence-corrected chi connectivity index (χ0v) is 12.7. The molecule has 0 radical (unpaired) electrons. The van der Waals surface area contributed by atoms with Crippen LogP contribution in [0.5, 0.6) is 0 Å². The summed E-state index contributed by atoms with van der Waals surface area (Å²) in [5.74, 6) is 0.319. The van der Waals surface area contributed by atoms with Gasteiger partial charge in [0.1, 0.15) is 11.5 Å². The van der Waals surface area contributed by atoms with Crippen LogP contribution in [-0.2, 0) is 6.42 Å². The Morgan fingerprint density at radius 3 is 2.77 bits per heavy atom. The molecule has 1 N–H and O–H groups in total. The van der Waals surface area contributed by atoms with Gasteiger partial charge in [-0.05, 0) is 55.9 Å². The quantitative estimate of drug-likeness (QED) is 0.947. The summed E-state index contributed by atoms with van der Waals surface area (Å²) < 4.78 is 13.2. The van der Waals surface area contributed by atoms with Crippen LogP contribution in [0.3, 0.4) is 0 Å². The Morgan fingerprint density at radius 1 is 1.36 bits per heavy atom. The Labute approximate surface area is 129 Å². The van der Waals surface area contributed by atoms with E-state index in [1.807, 2.05) is 17.9 Å². The number of halogens is 1. The van der Waals surface area contributed by atoms with Crippen LogP contribution in [0.2, 0.25) is 0 Å². The second-order valence-electron chi connectivity index (χ2n) is 6.01. The number of rotatable bonds is 3. The molecule has 2 aromatic rings. The molecule has 0 unspecified atom stereocenters. The number of H-pyrrole nitrogens is 1. The number of benzene rings is 1. The van der Waals surface area contributed by atoms with Crippen LogP contribution in [-0.4, -0.2) is 34.1 Å². The molecular weight excluding hydrogens is 281 g/mol. The van der Waals surface area contributed by atoms with Crippen LogP contribution in [0.4, 0.5) is 4.39 Å². The molecule has 1 aliphatic heterocycles. The topological polar surface area (TPSA) is 49.0 Å². The van der Waals surface area contributed by atoms with E-state index in [4.69, 9.17) is 0 Å². The number of carbonyl (C=O) groups is 1. The highest BCUT2D eigenvalue weighted by molar-refractivity contribution is 5.92. The van der Waals surface area contributed by atoms with Gasteiger partial charge in [-0.3, -0.25) is 9.89 Å². The zero-order chi connectivity index (χ0) is 15.5. The summed E-state index contributed by atoms with van der Waals surface area (Å²) in [6, 6.07) is 8.57. The summed E-state index contributed by atoms with van der Waals surface area (Å²) in [5.41, 5.74) is 2.41. The summed E-state index contributed by atoms with van der Waals surface area (Å²) in [7, 11) is 0. The Hall–Kier alpha value is -2.17. The summed E-state index contributed by atoms with van der Waals surface area (Å²) >= 11 is 0. The van der Waals surface area contributed by atoms with Crippen molar-refractivity contribution in [1.82, 2.24) is 15.1 Å². The molecule has 0 saturated carbocycles. The molecule has 1 amide bonds. The maximum Gasteiger partial charge on any atom is 0.274 e. The average molecular weight is 301 g/mol. The normalized spacial score (nSPS) is 16.0. The molecule has 1 fully saturated rings. The van der Waals surface area contributed by atoms with Crippen LogP contribution >= 0.6 is 0 Å². The summed E-state index contributed by atoms with van der Waals surface area (Å²) in [5, 5.41) is 6.83. The number of aromatic nitrogens is 2. The smallest absolute Gasteiger partial charge is 0.274 e. The second kappa shape index (κ2) is 6.30. The SMILES string of the molecule is Cc1cc(C(=O)N2CCC(Cc3cccc(F)c3)CC2)n[nH]1. The van der Waals surface area contributed by atoms with Crippen molar-refractivity contribution in [1.29, 1.82) is 0 Å². The molecule has 5 heteroatoms. The highest BCUT2D eigenvalue weighted by Crippen LogP contribution is 2.23. The van der Waals surface area contributed by atoms with Crippen molar-refractivity contribution in [3.63, 3.8) is 0 Å². The van der Waals surface area contributed by atoms with Gasteiger partial charge in [-0.1, -0.05) is 12.1 Å². The lowest BCUT2D eigenvalue weighted by Crippen LogP contribution is -2.39. The lowest BCUT2D eigenvalue weighted by atomic mass is 9.90. The molecule has 0 spiro atoms. The van der Waals surface area contributed by atoms with E-state index in [0.717, 1.165) is 43.6 Å². The lowest BCUT2D eigenvalue weighted by molar-refractivity contribution is 0.0684. The average Bonchev–Trinajstić information content (AvgIpc) is 2.94. The first kappa shape index (κ1) is 14.8. The van der Waals surface area contributed by atoms with E-state index in [2.05, 4.69) is 10.2 Å². The number of likely N-dealkylation sites (tertiary alicyclic amines) is 1. The van der Waals surface area contributed by atoms with E-state index in [-0.39, 0.29) is 11.7 Å². The minimum Gasteiger partial charge on any atom is -0.337 e. The molecular formula is C17H20FN3O. The number of nitrogens with zero attached hydrogens (tertiary/aromatic N) is 2. The Balaban J connectivity index is 1.55. The van der Waals surface area contributed by atoms with Crippen LogP contribution in [0.15, 0.2) is 30.3 Å². The number of carbonyl (C=O) groups excluding carboxylic acids is 1. The Kier molecular flexibility index (Phi) is 4.22. The fraction of sp³-hybridized carbons (Fsp3) is 0.412. The number of piperidine rings is 1. The minimum absolute atomic E-state index is 0.00597. The Morgan fingerprint density at radius 2 is 2.14 bits per heavy atom. The highest BCUT2D eigenvalue weighted by Gasteiger charge is 2.25. The summed E-state index contributed by atoms with van der Waals surface area (Å²) in [4.78, 5) is 14.2. The van der Waals surface area contributed by atoms with Crippen LogP contribution in [0, 0.1) is 18.7 Å². The van der Waals surface area contributed by atoms with Crippen molar-refractivity contribution in [3.8, 4) is 0 Å². The van der Waals surface area contributed by atoms with E-state index < -0.39 is 0 Å². The van der Waals surface area contributed by atoms with Gasteiger partial charge < -0.3 is 4.90 Å². The van der Waals surface area contributed by atoms with Crippen molar-refractivity contribution >= 4 is 5.91 Å². The third-order valence-electron chi connectivity index (χ3n) is 4.24. The van der Waals surface area contributed by atoms with Crippen LogP contribution in [0.1, 0.15) is 34.6 Å². The van der Waals surface area contributed by atoms with E-state index in [1.165, 1.54) is 6.07 Å². The maximum absolute atomic E-state index is 13.2. The first-order valence-electron chi connectivity index (χ1n) is 7.67. The standard InChI is InChI=1S/C17H20FN3O/c1-12-9-16(20-19-12)17(22)21-7-5-13(6-8-21)10-14-3-2-4-15(18)11-14/h2-4,9,11,13H,5-8,10H2,1H3,(H,19,20). The van der Waals surface area contributed by atoms with Crippen molar-refractivity contribution < 1.29 is 9.18 Å². The molecule has 4 nitrogen and oxygen atoms in total. The molecule has 1 aromatic carbocycles. The van der Waals surface area contributed by atoms with Crippen molar-refractivity contribution in [2.24, 2.45) is 5.92 Å². The lowest BCUT2D eigenvalue weighted by Gasteiger charge is -2.31. The van der Waals surface area contributed by atoms with Gasteiger partial charge in [-0.15, -0.1) is 0 Å². The molecule has 1 aromatic heterocycles. The first-order valence-corrected chi connectivity index (χ1v) is 7.67. The van der Waals surface area contributed by atoms with Crippen LogP contribution < -0.4 is 0 Å². The van der Waals surface area contributed by atoms with Gasteiger partial charge >= 0.3 is 0 Å². The van der Waals surface area contributed by atoms with Gasteiger partial charge in [0, 0.05) is 18.8 Å². The minimum atomic E-state index is -0.181. The number of amides is 1. The molecule has 3 rings (SSSR count). The van der Waals surface area contributed by atoms with E-state index in [0.29, 0.717) is 11.6 Å². The number of hydrogen-bond acceptors (Lipinski definition) is 2. The molecule has 116 valence electrons. The van der Waals surface area contributed by atoms with Gasteiger partial charge in [-0.25, -0.2) is 4.39 Å². The number of nitrogens with one attached hydrogen (secondary N) is 1. The molecule has 22 heavy (non-hydrogen) atoms. The second-order valence-corrected chi connectivity index (χ2v) is 6.01. The summed E-state index contributed by atoms with van der Waals surface area (Å²) in [6.07, 6.45) is 2.78. The molecule has 0 aliphatic carbocycles. The molecule has 1 aliphatic rings. The third kappa shape index (κ3) is 3.35. The maximum atomic E-state index is 13.2. The van der Waals surface area contributed by atoms with Crippen molar-refractivity contribution in [3.05, 3.63) is 53.1 Å². The van der Waals surface area contributed by atoms with Gasteiger partial charge in [0.15, 0.2) is 0 Å². The molecule has 0 atom stereocenters. The Bertz CT molecular complexity index is 659. The molecule has 2 heterocycles. The zero-order valence-electron chi connectivity index (χ0n) is 12.7. The van der Waals surface area contributed by atoms with Gasteiger partial charge in [0.25, 0.3) is 5.91 Å². The van der Waals surface area contributed by atoms with E-state index >= 15 is 0 Å². The van der Waals surface area contributed by atoms with Crippen molar-refractivity contribution in [2.45, 2.75) is 26.2 Å². The van der Waals surface area contributed by atoms with Gasteiger partial charge in [-0.2, -0.15) is 5.10 Å². The predicted molar refractivity (Wildman–Crippen MR) is 82.1 cm³/mol. The molecule has 1 saturated heterocycles. The van der Waals surface area contributed by atoms with Crippen LogP contribution in [0.25, 0.3) is 0 Å². The third-order valence-corrected chi connectivity index (χ3v) is 4.24. The number of aromatic amines is 1. The number of aryl methyl sites for hydroxylation is 1. The van der Waals surface area contributed by atoms with E-state index in [1.54, 1.807) is 18.2 Å². The fourth-order valence-electron chi connectivity index (χ4n) is 3.03. The van der Waals surface area contributed by atoms with Gasteiger partial charge in [0.05, 0.1) is 0 Å². The largest absolute Gasteiger partial charge is 0.337 e. The summed E-state index contributed by atoms with van der Waals surface area (Å²) in [6.45, 7) is 3.37. The van der Waals surface area contributed by atoms with Gasteiger partial charge in [0.2, 0.25) is 0 Å². The predicted octanol–water partition coefficient (Wildman–Crippen LogP) is 2.95. The number of hydrogen-bond donors (Lipinski definition) is 1.